The molecule has 19 heavy (non-hydrogen) atoms. The SMILES string of the molecule is COC1CC(NC2CCCCCCCCCCC2)C1. The Kier molecular flexibility index (Phi) is 7.23. The third-order valence-corrected chi connectivity index (χ3v) is 5.00. The first-order chi connectivity index (χ1) is 9.38. The van der Waals surface area contributed by atoms with Crippen molar-refractivity contribution in [1.29, 1.82) is 0 Å². The van der Waals surface area contributed by atoms with Crippen molar-refractivity contribution < 1.29 is 4.74 Å². The second-order valence-electron chi connectivity index (χ2n) is 6.65. The van der Waals surface area contributed by atoms with Gasteiger partial charge in [-0.05, 0) is 25.7 Å². The summed E-state index contributed by atoms with van der Waals surface area (Å²) in [5.41, 5.74) is 0. The highest BCUT2D eigenvalue weighted by atomic mass is 16.5. The predicted octanol–water partition coefficient (Wildman–Crippen LogP) is 4.43. The molecular formula is C17H33NO. The summed E-state index contributed by atoms with van der Waals surface area (Å²) in [6.45, 7) is 0. The minimum Gasteiger partial charge on any atom is -0.381 e. The standard InChI is InChI=1S/C17H33NO/c1-19-17-13-16(14-17)18-15-11-9-7-5-3-2-4-6-8-10-12-15/h15-18H,2-14H2,1H3. The second-order valence-corrected chi connectivity index (χ2v) is 6.65. The Morgan fingerprint density at radius 1 is 0.684 bits per heavy atom. The van der Waals surface area contributed by atoms with Gasteiger partial charge in [-0.3, -0.25) is 0 Å². The Morgan fingerprint density at radius 3 is 1.63 bits per heavy atom. The lowest BCUT2D eigenvalue weighted by molar-refractivity contribution is 0.0134. The Bertz CT molecular complexity index is 213. The maximum Gasteiger partial charge on any atom is 0.0601 e. The maximum absolute atomic E-state index is 5.38. The van der Waals surface area contributed by atoms with E-state index in [0.29, 0.717) is 6.10 Å². The molecule has 0 radical (unpaired) electrons. The first kappa shape index (κ1) is 15.3. The van der Waals surface area contributed by atoms with Gasteiger partial charge in [-0.15, -0.1) is 0 Å². The summed E-state index contributed by atoms with van der Waals surface area (Å²) in [6.07, 6.45) is 18.9. The zero-order chi connectivity index (χ0) is 13.3. The molecule has 0 heterocycles. The van der Waals surface area contributed by atoms with Crippen molar-refractivity contribution in [3.05, 3.63) is 0 Å². The van der Waals surface area contributed by atoms with Gasteiger partial charge in [0.25, 0.3) is 0 Å². The highest BCUT2D eigenvalue weighted by Crippen LogP contribution is 2.25. The van der Waals surface area contributed by atoms with Crippen molar-refractivity contribution in [2.24, 2.45) is 0 Å². The lowest BCUT2D eigenvalue weighted by Crippen LogP contribution is -2.49. The van der Waals surface area contributed by atoms with Crippen LogP contribution >= 0.6 is 0 Å². The van der Waals surface area contributed by atoms with Crippen LogP contribution in [0.4, 0.5) is 0 Å². The number of nitrogens with one attached hydrogen (secondary N) is 1. The van der Waals surface area contributed by atoms with Crippen LogP contribution in [0.25, 0.3) is 0 Å². The van der Waals surface area contributed by atoms with E-state index in [-0.39, 0.29) is 0 Å². The molecule has 0 saturated heterocycles. The van der Waals surface area contributed by atoms with E-state index < -0.39 is 0 Å². The quantitative estimate of drug-likeness (QED) is 0.817. The first-order valence-electron chi connectivity index (χ1n) is 8.67. The highest BCUT2D eigenvalue weighted by molar-refractivity contribution is 4.88. The van der Waals surface area contributed by atoms with E-state index in [1.165, 1.54) is 83.5 Å². The van der Waals surface area contributed by atoms with E-state index in [1.54, 1.807) is 0 Å². The zero-order valence-electron chi connectivity index (χ0n) is 12.8. The van der Waals surface area contributed by atoms with Gasteiger partial charge in [0.05, 0.1) is 6.10 Å². The molecule has 0 atom stereocenters. The van der Waals surface area contributed by atoms with Crippen molar-refractivity contribution in [2.75, 3.05) is 7.11 Å². The molecule has 1 N–H and O–H groups in total. The lowest BCUT2D eigenvalue weighted by Gasteiger charge is -2.37. The molecule has 0 amide bonds. The summed E-state index contributed by atoms with van der Waals surface area (Å²) in [5, 5.41) is 3.89. The van der Waals surface area contributed by atoms with Gasteiger partial charge in [0.15, 0.2) is 0 Å². The minimum atomic E-state index is 0.531. The number of hydrogen-bond acceptors (Lipinski definition) is 2. The van der Waals surface area contributed by atoms with Crippen LogP contribution < -0.4 is 5.32 Å². The molecule has 0 unspecified atom stereocenters. The van der Waals surface area contributed by atoms with E-state index in [2.05, 4.69) is 5.32 Å². The topological polar surface area (TPSA) is 21.3 Å². The van der Waals surface area contributed by atoms with Crippen LogP contribution in [0.3, 0.4) is 0 Å². The van der Waals surface area contributed by atoms with Crippen LogP contribution in [-0.2, 0) is 4.74 Å². The molecule has 2 aliphatic rings. The molecule has 0 aromatic heterocycles. The predicted molar refractivity (Wildman–Crippen MR) is 81.5 cm³/mol. The molecule has 112 valence electrons. The molecule has 2 fully saturated rings. The molecule has 0 aliphatic heterocycles. The van der Waals surface area contributed by atoms with Gasteiger partial charge in [0.2, 0.25) is 0 Å². The Hall–Kier alpha value is -0.0800. The molecule has 0 aromatic carbocycles. The van der Waals surface area contributed by atoms with E-state index >= 15 is 0 Å². The molecule has 2 nitrogen and oxygen atoms in total. The molecule has 2 aliphatic carbocycles. The van der Waals surface area contributed by atoms with Crippen molar-refractivity contribution in [3.63, 3.8) is 0 Å². The van der Waals surface area contributed by atoms with Crippen LogP contribution in [0, 0.1) is 0 Å². The lowest BCUT2D eigenvalue weighted by atomic mass is 9.87. The second kappa shape index (κ2) is 8.97. The van der Waals surface area contributed by atoms with E-state index in [1.807, 2.05) is 7.11 Å². The van der Waals surface area contributed by atoms with E-state index in [0.717, 1.165) is 12.1 Å². The Morgan fingerprint density at radius 2 is 1.16 bits per heavy atom. The van der Waals surface area contributed by atoms with Crippen LogP contribution in [0.15, 0.2) is 0 Å². The maximum atomic E-state index is 5.38. The van der Waals surface area contributed by atoms with Crippen molar-refractivity contribution >= 4 is 0 Å². The molecule has 0 aromatic rings. The molecule has 2 heteroatoms. The number of ether oxygens (including phenoxy) is 1. The largest absolute Gasteiger partial charge is 0.381 e. The summed E-state index contributed by atoms with van der Waals surface area (Å²) in [6, 6.07) is 1.52. The fourth-order valence-electron chi connectivity index (χ4n) is 3.56. The van der Waals surface area contributed by atoms with Gasteiger partial charge in [-0.1, -0.05) is 57.8 Å². The first-order valence-corrected chi connectivity index (χ1v) is 8.67. The normalized spacial score (nSPS) is 32.1. The third-order valence-electron chi connectivity index (χ3n) is 5.00. The average Bonchev–Trinajstić information content (AvgIpc) is 2.35. The Balaban J connectivity index is 1.66. The number of hydrogen-bond donors (Lipinski definition) is 1. The van der Waals surface area contributed by atoms with Crippen molar-refractivity contribution in [1.82, 2.24) is 5.32 Å². The summed E-state index contributed by atoms with van der Waals surface area (Å²) in [4.78, 5) is 0. The van der Waals surface area contributed by atoms with E-state index in [4.69, 9.17) is 4.74 Å². The van der Waals surface area contributed by atoms with Gasteiger partial charge < -0.3 is 10.1 Å². The van der Waals surface area contributed by atoms with Crippen LogP contribution in [-0.4, -0.2) is 25.3 Å². The van der Waals surface area contributed by atoms with Crippen molar-refractivity contribution in [2.45, 2.75) is 102 Å². The van der Waals surface area contributed by atoms with Gasteiger partial charge >= 0.3 is 0 Å². The molecular weight excluding hydrogens is 234 g/mol. The summed E-state index contributed by atoms with van der Waals surface area (Å²) in [7, 11) is 1.84. The molecule has 2 saturated carbocycles. The van der Waals surface area contributed by atoms with E-state index in [9.17, 15) is 0 Å². The average molecular weight is 267 g/mol. The third kappa shape index (κ3) is 5.83. The molecule has 0 bridgehead atoms. The smallest absolute Gasteiger partial charge is 0.0601 e. The minimum absolute atomic E-state index is 0.531. The summed E-state index contributed by atoms with van der Waals surface area (Å²) < 4.78 is 5.38. The van der Waals surface area contributed by atoms with Gasteiger partial charge in [0.1, 0.15) is 0 Å². The number of methoxy groups -OCH3 is 1. The fraction of sp³-hybridized carbons (Fsp3) is 1.00. The van der Waals surface area contributed by atoms with Crippen LogP contribution in [0.2, 0.25) is 0 Å². The van der Waals surface area contributed by atoms with Crippen LogP contribution in [0.5, 0.6) is 0 Å². The highest BCUT2D eigenvalue weighted by Gasteiger charge is 2.30. The zero-order valence-corrected chi connectivity index (χ0v) is 12.8. The fourth-order valence-corrected chi connectivity index (χ4v) is 3.56. The van der Waals surface area contributed by atoms with Crippen molar-refractivity contribution in [3.8, 4) is 0 Å². The summed E-state index contributed by atoms with van der Waals surface area (Å²) in [5.74, 6) is 0. The van der Waals surface area contributed by atoms with Gasteiger partial charge in [0, 0.05) is 19.2 Å². The van der Waals surface area contributed by atoms with Gasteiger partial charge in [-0.25, -0.2) is 0 Å². The van der Waals surface area contributed by atoms with Gasteiger partial charge in [-0.2, -0.15) is 0 Å². The van der Waals surface area contributed by atoms with Crippen LogP contribution in [0.1, 0.15) is 83.5 Å². The molecule has 0 spiro atoms. The Labute approximate surface area is 119 Å². The number of rotatable bonds is 3. The molecule has 2 rings (SSSR count). The monoisotopic (exact) mass is 267 g/mol. The summed E-state index contributed by atoms with van der Waals surface area (Å²) >= 11 is 0.